The van der Waals surface area contributed by atoms with E-state index in [2.05, 4.69) is 26.1 Å². The highest BCUT2D eigenvalue weighted by Crippen LogP contribution is 2.35. The molecule has 0 aromatic heterocycles. The number of nitrogens with one attached hydrogen (secondary N) is 1. The van der Waals surface area contributed by atoms with Crippen molar-refractivity contribution in [3.63, 3.8) is 0 Å². The highest BCUT2D eigenvalue weighted by Gasteiger charge is 2.36. The minimum Gasteiger partial charge on any atom is -0.370 e. The Morgan fingerprint density at radius 1 is 0.900 bits per heavy atom. The van der Waals surface area contributed by atoms with E-state index >= 15 is 0 Å². The Morgan fingerprint density at radius 3 is 2.00 bits per heavy atom. The van der Waals surface area contributed by atoms with Gasteiger partial charge in [0.05, 0.1) is 11.7 Å². The molecule has 2 aliphatic rings. The topological polar surface area (TPSA) is 21.3 Å². The lowest BCUT2D eigenvalue weighted by Crippen LogP contribution is -2.51. The summed E-state index contributed by atoms with van der Waals surface area (Å²) in [6.07, 6.45) is 15.3. The van der Waals surface area contributed by atoms with Gasteiger partial charge in [-0.15, -0.1) is 0 Å². The fraction of sp³-hybridized carbons (Fsp3) is 1.00. The van der Waals surface area contributed by atoms with E-state index in [0.29, 0.717) is 6.10 Å². The maximum atomic E-state index is 6.73. The van der Waals surface area contributed by atoms with Gasteiger partial charge in [0.25, 0.3) is 0 Å². The van der Waals surface area contributed by atoms with Crippen LogP contribution in [0.5, 0.6) is 0 Å². The standard InChI is InChI=1S/C18H35NO/c1-17(2,3)19-15-18(13-9-6-10-14-18)20-16-11-7-4-5-8-12-16/h16,19H,4-15H2,1-3H3. The van der Waals surface area contributed by atoms with E-state index in [0.717, 1.165) is 6.54 Å². The van der Waals surface area contributed by atoms with Gasteiger partial charge in [-0.05, 0) is 46.5 Å². The molecule has 0 aliphatic heterocycles. The van der Waals surface area contributed by atoms with Crippen LogP contribution in [0.2, 0.25) is 0 Å². The fourth-order valence-electron chi connectivity index (χ4n) is 3.67. The second kappa shape index (κ2) is 7.26. The molecule has 0 atom stereocenters. The lowest BCUT2D eigenvalue weighted by molar-refractivity contribution is -0.118. The molecule has 1 N–H and O–H groups in total. The van der Waals surface area contributed by atoms with E-state index in [1.54, 1.807) is 0 Å². The van der Waals surface area contributed by atoms with Gasteiger partial charge in [-0.2, -0.15) is 0 Å². The van der Waals surface area contributed by atoms with E-state index in [1.807, 2.05) is 0 Å². The molecule has 0 unspecified atom stereocenters. The molecule has 0 spiro atoms. The molecule has 2 saturated carbocycles. The van der Waals surface area contributed by atoms with Gasteiger partial charge in [0.1, 0.15) is 0 Å². The van der Waals surface area contributed by atoms with E-state index in [9.17, 15) is 0 Å². The summed E-state index contributed by atoms with van der Waals surface area (Å²) in [5.74, 6) is 0. The van der Waals surface area contributed by atoms with Crippen LogP contribution in [0, 0.1) is 0 Å². The number of hydrogen-bond donors (Lipinski definition) is 1. The third-order valence-corrected chi connectivity index (χ3v) is 4.92. The van der Waals surface area contributed by atoms with Gasteiger partial charge < -0.3 is 10.1 Å². The van der Waals surface area contributed by atoms with Crippen LogP contribution in [0.1, 0.15) is 91.4 Å². The average molecular weight is 281 g/mol. The molecule has 0 bridgehead atoms. The zero-order valence-corrected chi connectivity index (χ0v) is 14.0. The predicted octanol–water partition coefficient (Wildman–Crippen LogP) is 4.82. The monoisotopic (exact) mass is 281 g/mol. The Labute approximate surface area is 126 Å². The van der Waals surface area contributed by atoms with E-state index in [4.69, 9.17) is 4.74 Å². The van der Waals surface area contributed by atoms with Gasteiger partial charge in [-0.1, -0.05) is 44.9 Å². The number of rotatable bonds is 4. The molecule has 0 heterocycles. The number of hydrogen-bond acceptors (Lipinski definition) is 2. The normalized spacial score (nSPS) is 25.4. The average Bonchev–Trinajstić information content (AvgIpc) is 2.66. The smallest absolute Gasteiger partial charge is 0.0810 e. The quantitative estimate of drug-likeness (QED) is 0.746. The Bertz CT molecular complexity index is 268. The summed E-state index contributed by atoms with van der Waals surface area (Å²) in [6.45, 7) is 7.81. The van der Waals surface area contributed by atoms with Gasteiger partial charge in [0, 0.05) is 12.1 Å². The first-order chi connectivity index (χ1) is 9.49. The molecule has 2 nitrogen and oxygen atoms in total. The van der Waals surface area contributed by atoms with E-state index in [-0.39, 0.29) is 11.1 Å². The Balaban J connectivity index is 1.94. The lowest BCUT2D eigenvalue weighted by Gasteiger charge is -2.42. The van der Waals surface area contributed by atoms with Crippen molar-refractivity contribution in [2.45, 2.75) is 109 Å². The van der Waals surface area contributed by atoms with Crippen molar-refractivity contribution in [2.24, 2.45) is 0 Å². The fourth-order valence-corrected chi connectivity index (χ4v) is 3.67. The summed E-state index contributed by atoms with van der Waals surface area (Å²) >= 11 is 0. The zero-order chi connectivity index (χ0) is 14.5. The summed E-state index contributed by atoms with van der Waals surface area (Å²) in [5.41, 5.74) is 0.317. The molecule has 0 saturated heterocycles. The first kappa shape index (κ1) is 16.3. The molecule has 0 aromatic carbocycles. The molecular formula is C18H35NO. The van der Waals surface area contributed by atoms with Crippen LogP contribution >= 0.6 is 0 Å². The Morgan fingerprint density at radius 2 is 1.45 bits per heavy atom. The van der Waals surface area contributed by atoms with Crippen molar-refractivity contribution in [1.82, 2.24) is 5.32 Å². The van der Waals surface area contributed by atoms with Crippen molar-refractivity contribution >= 4 is 0 Å². The zero-order valence-electron chi connectivity index (χ0n) is 14.0. The van der Waals surface area contributed by atoms with Crippen LogP contribution in [-0.4, -0.2) is 23.8 Å². The summed E-state index contributed by atoms with van der Waals surface area (Å²) < 4.78 is 6.73. The molecule has 2 heteroatoms. The first-order valence-corrected chi connectivity index (χ1v) is 8.92. The molecule has 0 amide bonds. The van der Waals surface area contributed by atoms with Gasteiger partial charge in [0.2, 0.25) is 0 Å². The highest BCUT2D eigenvalue weighted by molar-refractivity contribution is 4.90. The van der Waals surface area contributed by atoms with Crippen LogP contribution in [-0.2, 0) is 4.74 Å². The molecule has 0 aromatic rings. The Hall–Kier alpha value is -0.0800. The maximum Gasteiger partial charge on any atom is 0.0810 e. The second-order valence-corrected chi connectivity index (χ2v) is 8.08. The SMILES string of the molecule is CC(C)(C)NCC1(OC2CCCCCC2)CCCCC1. The van der Waals surface area contributed by atoms with Crippen LogP contribution in [0.15, 0.2) is 0 Å². The van der Waals surface area contributed by atoms with Crippen molar-refractivity contribution in [3.05, 3.63) is 0 Å². The molecular weight excluding hydrogens is 246 g/mol. The molecule has 2 aliphatic carbocycles. The molecule has 0 radical (unpaired) electrons. The van der Waals surface area contributed by atoms with Crippen molar-refractivity contribution in [1.29, 1.82) is 0 Å². The van der Waals surface area contributed by atoms with Crippen molar-refractivity contribution < 1.29 is 4.74 Å². The molecule has 20 heavy (non-hydrogen) atoms. The minimum absolute atomic E-state index is 0.126. The summed E-state index contributed by atoms with van der Waals surface area (Å²) in [7, 11) is 0. The second-order valence-electron chi connectivity index (χ2n) is 8.08. The molecule has 118 valence electrons. The predicted molar refractivity (Wildman–Crippen MR) is 86.1 cm³/mol. The summed E-state index contributed by atoms with van der Waals surface area (Å²) in [5, 5.41) is 3.71. The van der Waals surface area contributed by atoms with Gasteiger partial charge in [0.15, 0.2) is 0 Å². The van der Waals surface area contributed by atoms with Crippen LogP contribution in [0.4, 0.5) is 0 Å². The van der Waals surface area contributed by atoms with Gasteiger partial charge in [-0.3, -0.25) is 0 Å². The highest BCUT2D eigenvalue weighted by atomic mass is 16.5. The minimum atomic E-state index is 0.126. The van der Waals surface area contributed by atoms with E-state index < -0.39 is 0 Å². The van der Waals surface area contributed by atoms with Gasteiger partial charge in [-0.25, -0.2) is 0 Å². The van der Waals surface area contributed by atoms with Crippen molar-refractivity contribution in [3.8, 4) is 0 Å². The summed E-state index contributed by atoms with van der Waals surface area (Å²) in [4.78, 5) is 0. The number of ether oxygens (including phenoxy) is 1. The van der Waals surface area contributed by atoms with Crippen LogP contribution in [0.25, 0.3) is 0 Å². The third kappa shape index (κ3) is 5.37. The third-order valence-electron chi connectivity index (χ3n) is 4.92. The maximum absolute atomic E-state index is 6.73. The van der Waals surface area contributed by atoms with Crippen LogP contribution in [0.3, 0.4) is 0 Å². The largest absolute Gasteiger partial charge is 0.370 e. The Kier molecular flexibility index (Phi) is 5.92. The summed E-state index contributed by atoms with van der Waals surface area (Å²) in [6, 6.07) is 0. The molecule has 2 fully saturated rings. The van der Waals surface area contributed by atoms with Crippen molar-refractivity contribution in [2.75, 3.05) is 6.54 Å². The van der Waals surface area contributed by atoms with E-state index in [1.165, 1.54) is 70.6 Å². The van der Waals surface area contributed by atoms with Crippen LogP contribution < -0.4 is 5.32 Å². The molecule has 2 rings (SSSR count). The lowest BCUT2D eigenvalue weighted by atomic mass is 9.83. The first-order valence-electron chi connectivity index (χ1n) is 8.92. The van der Waals surface area contributed by atoms with Gasteiger partial charge >= 0.3 is 0 Å².